The quantitative estimate of drug-likeness (QED) is 0.826. The molecule has 0 saturated heterocycles. The van der Waals surface area contributed by atoms with Crippen LogP contribution in [0, 0.1) is 5.41 Å². The van der Waals surface area contributed by atoms with Crippen LogP contribution in [-0.4, -0.2) is 22.7 Å². The highest BCUT2D eigenvalue weighted by Crippen LogP contribution is 2.57. The van der Waals surface area contributed by atoms with Crippen LogP contribution in [0.5, 0.6) is 0 Å². The second-order valence-corrected chi connectivity index (χ2v) is 5.79. The molecule has 1 saturated carbocycles. The van der Waals surface area contributed by atoms with Crippen molar-refractivity contribution >= 4 is 0 Å². The SMILES string of the molecule is CCNC(C)CCc1nc(C2CC2(C)C)no1. The third-order valence-corrected chi connectivity index (χ3v) is 3.65. The van der Waals surface area contributed by atoms with E-state index in [2.05, 4.69) is 43.2 Å². The van der Waals surface area contributed by atoms with Crippen molar-refractivity contribution < 1.29 is 4.52 Å². The van der Waals surface area contributed by atoms with Crippen LogP contribution in [0.2, 0.25) is 0 Å². The van der Waals surface area contributed by atoms with Gasteiger partial charge in [-0.2, -0.15) is 4.98 Å². The highest BCUT2D eigenvalue weighted by molar-refractivity contribution is 5.14. The van der Waals surface area contributed by atoms with Crippen LogP contribution in [0.3, 0.4) is 0 Å². The minimum Gasteiger partial charge on any atom is -0.339 e. The molecule has 4 heteroatoms. The summed E-state index contributed by atoms with van der Waals surface area (Å²) in [7, 11) is 0. The highest BCUT2D eigenvalue weighted by Gasteiger charge is 2.49. The molecule has 1 N–H and O–H groups in total. The molecule has 1 aliphatic carbocycles. The molecule has 2 unspecified atom stereocenters. The molecule has 0 spiro atoms. The fourth-order valence-corrected chi connectivity index (χ4v) is 2.21. The Kier molecular flexibility index (Phi) is 3.52. The monoisotopic (exact) mass is 237 g/mol. The Morgan fingerprint density at radius 1 is 1.53 bits per heavy atom. The molecule has 96 valence electrons. The van der Waals surface area contributed by atoms with Crippen molar-refractivity contribution in [3.8, 4) is 0 Å². The van der Waals surface area contributed by atoms with Crippen LogP contribution in [-0.2, 0) is 6.42 Å². The van der Waals surface area contributed by atoms with Crippen LogP contribution < -0.4 is 5.32 Å². The minimum atomic E-state index is 0.373. The molecular formula is C13H23N3O. The van der Waals surface area contributed by atoms with E-state index >= 15 is 0 Å². The molecule has 1 aliphatic rings. The van der Waals surface area contributed by atoms with Crippen LogP contribution in [0.1, 0.15) is 58.2 Å². The largest absolute Gasteiger partial charge is 0.339 e. The number of aryl methyl sites for hydroxylation is 1. The van der Waals surface area contributed by atoms with E-state index in [1.807, 2.05) is 0 Å². The van der Waals surface area contributed by atoms with Gasteiger partial charge in [-0.1, -0.05) is 25.9 Å². The van der Waals surface area contributed by atoms with Gasteiger partial charge in [0.15, 0.2) is 5.82 Å². The maximum atomic E-state index is 5.30. The molecule has 1 fully saturated rings. The summed E-state index contributed by atoms with van der Waals surface area (Å²) in [5.74, 6) is 2.19. The van der Waals surface area contributed by atoms with Crippen molar-refractivity contribution in [3.05, 3.63) is 11.7 Å². The van der Waals surface area contributed by atoms with Gasteiger partial charge in [0.05, 0.1) is 0 Å². The lowest BCUT2D eigenvalue weighted by Crippen LogP contribution is -2.25. The zero-order valence-corrected chi connectivity index (χ0v) is 11.3. The van der Waals surface area contributed by atoms with E-state index in [4.69, 9.17) is 4.52 Å². The van der Waals surface area contributed by atoms with Gasteiger partial charge in [0, 0.05) is 18.4 Å². The third kappa shape index (κ3) is 3.06. The van der Waals surface area contributed by atoms with E-state index in [0.717, 1.165) is 31.1 Å². The van der Waals surface area contributed by atoms with Gasteiger partial charge in [0.2, 0.25) is 5.89 Å². The fraction of sp³-hybridized carbons (Fsp3) is 0.846. The molecule has 0 aliphatic heterocycles. The Labute approximate surface area is 103 Å². The first-order valence-electron chi connectivity index (χ1n) is 6.59. The lowest BCUT2D eigenvalue weighted by atomic mass is 10.1. The molecule has 0 amide bonds. The molecule has 0 radical (unpaired) electrons. The Hall–Kier alpha value is -0.900. The van der Waals surface area contributed by atoms with E-state index in [0.29, 0.717) is 17.4 Å². The first-order valence-corrected chi connectivity index (χ1v) is 6.59. The van der Waals surface area contributed by atoms with E-state index < -0.39 is 0 Å². The Bertz CT molecular complexity index is 372. The molecule has 4 nitrogen and oxygen atoms in total. The predicted molar refractivity (Wildman–Crippen MR) is 66.9 cm³/mol. The standard InChI is InChI=1S/C13H23N3O/c1-5-14-9(2)6-7-11-15-12(16-17-11)10-8-13(10,3)4/h9-10,14H,5-8H2,1-4H3. The molecule has 0 aromatic carbocycles. The number of hydrogen-bond acceptors (Lipinski definition) is 4. The maximum absolute atomic E-state index is 5.30. The molecule has 2 atom stereocenters. The Balaban J connectivity index is 1.83. The van der Waals surface area contributed by atoms with Gasteiger partial charge in [-0.25, -0.2) is 0 Å². The van der Waals surface area contributed by atoms with Gasteiger partial charge in [-0.15, -0.1) is 0 Å². The lowest BCUT2D eigenvalue weighted by molar-refractivity contribution is 0.362. The van der Waals surface area contributed by atoms with Crippen molar-refractivity contribution in [2.45, 2.75) is 58.9 Å². The molecule has 1 aromatic heterocycles. The number of rotatable bonds is 6. The zero-order valence-electron chi connectivity index (χ0n) is 11.3. The summed E-state index contributed by atoms with van der Waals surface area (Å²) in [6.45, 7) is 9.82. The Morgan fingerprint density at radius 3 is 2.82 bits per heavy atom. The topological polar surface area (TPSA) is 51.0 Å². The number of nitrogens with one attached hydrogen (secondary N) is 1. The second-order valence-electron chi connectivity index (χ2n) is 5.79. The summed E-state index contributed by atoms with van der Waals surface area (Å²) < 4.78 is 5.30. The molecule has 0 bridgehead atoms. The van der Waals surface area contributed by atoms with Crippen molar-refractivity contribution in [2.24, 2.45) is 5.41 Å². The zero-order chi connectivity index (χ0) is 12.5. The second kappa shape index (κ2) is 4.77. The third-order valence-electron chi connectivity index (χ3n) is 3.65. The number of hydrogen-bond donors (Lipinski definition) is 1. The summed E-state index contributed by atoms with van der Waals surface area (Å²) in [4.78, 5) is 4.49. The smallest absolute Gasteiger partial charge is 0.226 e. The van der Waals surface area contributed by atoms with Gasteiger partial charge in [0.1, 0.15) is 0 Å². The fourth-order valence-electron chi connectivity index (χ4n) is 2.21. The normalized spacial score (nSPS) is 23.6. The molecule has 1 heterocycles. The Morgan fingerprint density at radius 2 is 2.24 bits per heavy atom. The van der Waals surface area contributed by atoms with Gasteiger partial charge in [0.25, 0.3) is 0 Å². The van der Waals surface area contributed by atoms with Gasteiger partial charge >= 0.3 is 0 Å². The lowest BCUT2D eigenvalue weighted by Gasteiger charge is -2.09. The van der Waals surface area contributed by atoms with Gasteiger partial charge in [-0.05, 0) is 31.7 Å². The highest BCUT2D eigenvalue weighted by atomic mass is 16.5. The van der Waals surface area contributed by atoms with E-state index in [9.17, 15) is 0 Å². The van der Waals surface area contributed by atoms with E-state index in [1.165, 1.54) is 6.42 Å². The van der Waals surface area contributed by atoms with Gasteiger partial charge in [-0.3, -0.25) is 0 Å². The van der Waals surface area contributed by atoms with Crippen LogP contribution in [0.4, 0.5) is 0 Å². The average molecular weight is 237 g/mol. The van der Waals surface area contributed by atoms with Crippen molar-refractivity contribution in [1.82, 2.24) is 15.5 Å². The van der Waals surface area contributed by atoms with Crippen LogP contribution >= 0.6 is 0 Å². The van der Waals surface area contributed by atoms with E-state index in [-0.39, 0.29) is 0 Å². The first kappa shape index (κ1) is 12.6. The van der Waals surface area contributed by atoms with Crippen molar-refractivity contribution in [1.29, 1.82) is 0 Å². The summed E-state index contributed by atoms with van der Waals surface area (Å²) in [6, 6.07) is 0.507. The number of aromatic nitrogens is 2. The number of nitrogens with zero attached hydrogens (tertiary/aromatic N) is 2. The van der Waals surface area contributed by atoms with Crippen molar-refractivity contribution in [3.63, 3.8) is 0 Å². The molecule has 2 rings (SSSR count). The summed E-state index contributed by atoms with van der Waals surface area (Å²) in [5, 5.41) is 7.47. The van der Waals surface area contributed by atoms with Gasteiger partial charge < -0.3 is 9.84 Å². The van der Waals surface area contributed by atoms with Crippen LogP contribution in [0.15, 0.2) is 4.52 Å². The van der Waals surface area contributed by atoms with Crippen molar-refractivity contribution in [2.75, 3.05) is 6.54 Å². The summed E-state index contributed by atoms with van der Waals surface area (Å²) in [6.07, 6.45) is 3.09. The summed E-state index contributed by atoms with van der Waals surface area (Å²) in [5.41, 5.74) is 0.373. The maximum Gasteiger partial charge on any atom is 0.226 e. The average Bonchev–Trinajstić information content (AvgIpc) is 2.73. The first-order chi connectivity index (χ1) is 8.03. The van der Waals surface area contributed by atoms with E-state index in [1.54, 1.807) is 0 Å². The summed E-state index contributed by atoms with van der Waals surface area (Å²) >= 11 is 0. The molecular weight excluding hydrogens is 214 g/mol. The van der Waals surface area contributed by atoms with Crippen LogP contribution in [0.25, 0.3) is 0 Å². The predicted octanol–water partition coefficient (Wildman–Crippen LogP) is 2.51. The molecule has 1 aromatic rings. The molecule has 17 heavy (non-hydrogen) atoms. The minimum absolute atomic E-state index is 0.373.